The maximum Gasteiger partial charge on any atom is 0.264 e. The number of hydrogen-bond donors (Lipinski definition) is 1. The molecule has 0 aliphatic carbocycles. The van der Waals surface area contributed by atoms with Crippen LogP contribution in [0.1, 0.15) is 18.7 Å². The second-order valence-corrected chi connectivity index (χ2v) is 4.04. The molecule has 0 saturated carbocycles. The molecule has 0 aliphatic heterocycles. The molecule has 2 N–H and O–H groups in total. The summed E-state index contributed by atoms with van der Waals surface area (Å²) in [6, 6.07) is 0. The van der Waals surface area contributed by atoms with Crippen molar-refractivity contribution in [2.75, 3.05) is 6.54 Å². The van der Waals surface area contributed by atoms with Gasteiger partial charge in [-0.2, -0.15) is 4.98 Å². The molecular weight excluding hydrogens is 285 g/mol. The summed E-state index contributed by atoms with van der Waals surface area (Å²) in [7, 11) is 0. The zero-order chi connectivity index (χ0) is 15.0. The largest absolute Gasteiger partial charge is 0.334 e. The van der Waals surface area contributed by atoms with E-state index < -0.39 is 46.5 Å². The van der Waals surface area contributed by atoms with E-state index in [0.717, 1.165) is 0 Å². The molecule has 1 aromatic heterocycles. The first-order valence-corrected chi connectivity index (χ1v) is 5.43. The normalized spacial score (nSPS) is 12.8. The van der Waals surface area contributed by atoms with Crippen molar-refractivity contribution in [3.05, 3.63) is 34.9 Å². The Hall–Kier alpha value is -2.03. The van der Waals surface area contributed by atoms with Gasteiger partial charge >= 0.3 is 0 Å². The SMILES string of the molecule is CC(CN)c1noc(-c2c(F)c(F)c(F)c(F)c2F)n1. The summed E-state index contributed by atoms with van der Waals surface area (Å²) >= 11 is 0. The second kappa shape index (κ2) is 5.16. The molecule has 9 heteroatoms. The van der Waals surface area contributed by atoms with Gasteiger partial charge in [0.05, 0.1) is 0 Å². The molecule has 0 amide bonds. The van der Waals surface area contributed by atoms with Crippen LogP contribution in [-0.2, 0) is 0 Å². The summed E-state index contributed by atoms with van der Waals surface area (Å²) in [4.78, 5) is 3.59. The van der Waals surface area contributed by atoms with E-state index in [1.165, 1.54) is 0 Å². The lowest BCUT2D eigenvalue weighted by molar-refractivity contribution is 0.371. The third-order valence-electron chi connectivity index (χ3n) is 2.66. The Bertz CT molecular complexity index is 629. The monoisotopic (exact) mass is 293 g/mol. The fourth-order valence-electron chi connectivity index (χ4n) is 1.43. The van der Waals surface area contributed by atoms with Crippen LogP contribution >= 0.6 is 0 Å². The van der Waals surface area contributed by atoms with Crippen molar-refractivity contribution in [1.82, 2.24) is 10.1 Å². The predicted octanol–water partition coefficient (Wildman–Crippen LogP) is 2.49. The zero-order valence-corrected chi connectivity index (χ0v) is 10.1. The van der Waals surface area contributed by atoms with Crippen LogP contribution in [0.3, 0.4) is 0 Å². The molecule has 1 atom stereocenters. The summed E-state index contributed by atoms with van der Waals surface area (Å²) in [5, 5.41) is 3.39. The van der Waals surface area contributed by atoms with Gasteiger partial charge in [-0.15, -0.1) is 0 Å². The molecular formula is C11H8F5N3O. The zero-order valence-electron chi connectivity index (χ0n) is 10.1. The lowest BCUT2D eigenvalue weighted by atomic mass is 10.1. The maximum atomic E-state index is 13.5. The first-order chi connectivity index (χ1) is 9.38. The molecule has 1 aromatic carbocycles. The van der Waals surface area contributed by atoms with Crippen LogP contribution in [0.15, 0.2) is 4.52 Å². The Morgan fingerprint density at radius 1 is 1.00 bits per heavy atom. The van der Waals surface area contributed by atoms with E-state index in [0.29, 0.717) is 0 Å². The minimum Gasteiger partial charge on any atom is -0.334 e. The van der Waals surface area contributed by atoms with Crippen molar-refractivity contribution < 1.29 is 26.5 Å². The Morgan fingerprint density at radius 3 is 2.00 bits per heavy atom. The molecule has 2 rings (SSSR count). The van der Waals surface area contributed by atoms with Gasteiger partial charge in [0.1, 0.15) is 5.56 Å². The number of benzene rings is 1. The van der Waals surface area contributed by atoms with Crippen LogP contribution in [0.25, 0.3) is 11.5 Å². The first kappa shape index (κ1) is 14.4. The van der Waals surface area contributed by atoms with Crippen molar-refractivity contribution in [3.63, 3.8) is 0 Å². The van der Waals surface area contributed by atoms with Gasteiger partial charge in [0.2, 0.25) is 5.82 Å². The van der Waals surface area contributed by atoms with Gasteiger partial charge in [-0.05, 0) is 0 Å². The molecule has 4 nitrogen and oxygen atoms in total. The number of nitrogens with two attached hydrogens (primary N) is 1. The number of rotatable bonds is 3. The Morgan fingerprint density at radius 2 is 1.50 bits per heavy atom. The van der Waals surface area contributed by atoms with Crippen LogP contribution in [0, 0.1) is 29.1 Å². The second-order valence-electron chi connectivity index (χ2n) is 4.04. The highest BCUT2D eigenvalue weighted by atomic mass is 19.2. The molecule has 1 heterocycles. The number of nitrogens with zero attached hydrogens (tertiary/aromatic N) is 2. The summed E-state index contributed by atoms with van der Waals surface area (Å²) in [5.74, 6) is -11.7. The fourth-order valence-corrected chi connectivity index (χ4v) is 1.43. The van der Waals surface area contributed by atoms with Crippen LogP contribution in [0.4, 0.5) is 22.0 Å². The summed E-state index contributed by atoms with van der Waals surface area (Å²) in [6.45, 7) is 1.73. The third kappa shape index (κ3) is 2.13. The van der Waals surface area contributed by atoms with E-state index in [1.54, 1.807) is 6.92 Å². The average Bonchev–Trinajstić information content (AvgIpc) is 2.92. The summed E-state index contributed by atoms with van der Waals surface area (Å²) in [5.41, 5.74) is 4.08. The minimum atomic E-state index is -2.25. The van der Waals surface area contributed by atoms with Crippen molar-refractivity contribution >= 4 is 0 Å². The quantitative estimate of drug-likeness (QED) is 0.536. The molecule has 2 aromatic rings. The van der Waals surface area contributed by atoms with Crippen LogP contribution in [0.5, 0.6) is 0 Å². The molecule has 108 valence electrons. The average molecular weight is 293 g/mol. The molecule has 0 bridgehead atoms. The summed E-state index contributed by atoms with van der Waals surface area (Å²) < 4.78 is 70.5. The van der Waals surface area contributed by atoms with Gasteiger partial charge in [-0.1, -0.05) is 12.1 Å². The van der Waals surface area contributed by atoms with Crippen LogP contribution in [-0.4, -0.2) is 16.7 Å². The van der Waals surface area contributed by atoms with Gasteiger partial charge in [-0.25, -0.2) is 22.0 Å². The number of halogens is 5. The van der Waals surface area contributed by atoms with Crippen molar-refractivity contribution in [1.29, 1.82) is 0 Å². The van der Waals surface area contributed by atoms with Crippen LogP contribution in [0.2, 0.25) is 0 Å². The fraction of sp³-hybridized carbons (Fsp3) is 0.273. The number of hydrogen-bond acceptors (Lipinski definition) is 4. The molecule has 0 saturated heterocycles. The Kier molecular flexibility index (Phi) is 3.71. The van der Waals surface area contributed by atoms with Gasteiger partial charge < -0.3 is 10.3 Å². The standard InChI is InChI=1S/C11H8F5N3O/c1-3(2-17)10-18-11(20-19-10)4-5(12)7(14)9(16)8(15)6(4)13/h3H,2,17H2,1H3. The predicted molar refractivity (Wildman–Crippen MR) is 57.0 cm³/mol. The van der Waals surface area contributed by atoms with E-state index >= 15 is 0 Å². The number of aromatic nitrogens is 2. The molecule has 0 spiro atoms. The van der Waals surface area contributed by atoms with Crippen molar-refractivity contribution in [2.24, 2.45) is 5.73 Å². The van der Waals surface area contributed by atoms with E-state index in [2.05, 4.69) is 14.7 Å². The Labute approximate surface area is 109 Å². The minimum absolute atomic E-state index is 0.00596. The maximum absolute atomic E-state index is 13.5. The van der Waals surface area contributed by atoms with Crippen molar-refractivity contribution in [2.45, 2.75) is 12.8 Å². The highest BCUT2D eigenvalue weighted by Crippen LogP contribution is 2.30. The van der Waals surface area contributed by atoms with E-state index in [4.69, 9.17) is 5.73 Å². The molecule has 20 heavy (non-hydrogen) atoms. The molecule has 0 fully saturated rings. The van der Waals surface area contributed by atoms with Gasteiger partial charge in [0, 0.05) is 12.5 Å². The van der Waals surface area contributed by atoms with Crippen LogP contribution < -0.4 is 5.73 Å². The lowest BCUT2D eigenvalue weighted by Crippen LogP contribution is -2.10. The van der Waals surface area contributed by atoms with Gasteiger partial charge in [0.15, 0.2) is 29.1 Å². The smallest absolute Gasteiger partial charge is 0.264 e. The molecule has 1 unspecified atom stereocenters. The van der Waals surface area contributed by atoms with E-state index in [1.807, 2.05) is 0 Å². The topological polar surface area (TPSA) is 64.9 Å². The van der Waals surface area contributed by atoms with E-state index in [9.17, 15) is 22.0 Å². The van der Waals surface area contributed by atoms with Gasteiger partial charge in [-0.3, -0.25) is 0 Å². The Balaban J connectivity index is 2.61. The third-order valence-corrected chi connectivity index (χ3v) is 2.66. The van der Waals surface area contributed by atoms with Crippen molar-refractivity contribution in [3.8, 4) is 11.5 Å². The van der Waals surface area contributed by atoms with Gasteiger partial charge in [0.25, 0.3) is 5.89 Å². The molecule has 0 aliphatic rings. The highest BCUT2D eigenvalue weighted by Gasteiger charge is 2.30. The molecule has 0 radical (unpaired) electrons. The lowest BCUT2D eigenvalue weighted by Gasteiger charge is -2.04. The first-order valence-electron chi connectivity index (χ1n) is 5.43. The summed E-state index contributed by atoms with van der Waals surface area (Å²) in [6.07, 6.45) is 0. The highest BCUT2D eigenvalue weighted by molar-refractivity contribution is 5.55. The van der Waals surface area contributed by atoms with E-state index in [-0.39, 0.29) is 12.4 Å².